The van der Waals surface area contributed by atoms with Crippen LogP contribution in [0.5, 0.6) is 0 Å². The van der Waals surface area contributed by atoms with Crippen LogP contribution in [-0.2, 0) is 6.67 Å². The number of carbonyl (C=O) groups is 2. The highest BCUT2D eigenvalue weighted by Crippen LogP contribution is 2.20. The van der Waals surface area contributed by atoms with Crippen LogP contribution in [0.25, 0.3) is 0 Å². The predicted octanol–water partition coefficient (Wildman–Crippen LogP) is -0.897. The first-order chi connectivity index (χ1) is 12.5. The van der Waals surface area contributed by atoms with Gasteiger partial charge in [0.1, 0.15) is 0 Å². The third-order valence-electron chi connectivity index (χ3n) is 3.21. The van der Waals surface area contributed by atoms with E-state index in [-0.39, 0.29) is 35.2 Å². The van der Waals surface area contributed by atoms with Crippen LogP contribution < -0.4 is 20.5 Å². The summed E-state index contributed by atoms with van der Waals surface area (Å²) in [6, 6.07) is 0.474. The summed E-state index contributed by atoms with van der Waals surface area (Å²) in [7, 11) is 0. The highest BCUT2D eigenvalue weighted by molar-refractivity contribution is 7.98. The van der Waals surface area contributed by atoms with E-state index in [1.165, 1.54) is 33.1 Å². The van der Waals surface area contributed by atoms with Gasteiger partial charge in [-0.25, -0.2) is 9.40 Å². The smallest absolute Gasteiger partial charge is 0.284 e. The zero-order valence-electron chi connectivity index (χ0n) is 13.8. The molecular weight excluding hydrogens is 380 g/mol. The lowest BCUT2D eigenvalue weighted by Gasteiger charge is -2.10. The summed E-state index contributed by atoms with van der Waals surface area (Å²) in [6.45, 7) is 1.91. The Morgan fingerprint density at radius 2 is 2.00 bits per heavy atom. The minimum atomic E-state index is -0.384. The molecule has 1 saturated carbocycles. The molecule has 5 N–H and O–H groups in total. The summed E-state index contributed by atoms with van der Waals surface area (Å²) in [5.41, 5.74) is 5.76. The number of hydrogen-bond acceptors (Lipinski definition) is 10. The van der Waals surface area contributed by atoms with E-state index in [2.05, 4.69) is 35.4 Å². The van der Waals surface area contributed by atoms with Crippen molar-refractivity contribution in [3.8, 4) is 0 Å². The number of nitrogens with zero attached hydrogens (tertiary/aromatic N) is 6. The summed E-state index contributed by atoms with van der Waals surface area (Å²) in [5.74, 6) is -0.726. The molecule has 1 aliphatic rings. The zero-order chi connectivity index (χ0) is 18.5. The average molecular weight is 398 g/mol. The largest absolute Gasteiger partial charge is 0.337 e. The Balaban J connectivity index is 1.46. The number of nitrogens with one attached hydrogen (secondary N) is 3. The van der Waals surface area contributed by atoms with Crippen molar-refractivity contribution >= 4 is 35.9 Å². The Morgan fingerprint density at radius 3 is 2.69 bits per heavy atom. The zero-order valence-corrected chi connectivity index (χ0v) is 15.5. The van der Waals surface area contributed by atoms with Crippen LogP contribution in [0.15, 0.2) is 12.4 Å². The highest BCUT2D eigenvalue weighted by atomic mass is 32.2. The fourth-order valence-corrected chi connectivity index (χ4v) is 3.14. The summed E-state index contributed by atoms with van der Waals surface area (Å²) in [6.07, 6.45) is 5.20. The number of hydrogen-bond donors (Lipinski definition) is 4. The Bertz CT molecular complexity index is 774. The van der Waals surface area contributed by atoms with Gasteiger partial charge >= 0.3 is 0 Å². The maximum Gasteiger partial charge on any atom is 0.284 e. The molecule has 26 heavy (non-hydrogen) atoms. The van der Waals surface area contributed by atoms with Gasteiger partial charge in [-0.2, -0.15) is 4.09 Å². The first-order valence-corrected chi connectivity index (χ1v) is 9.42. The van der Waals surface area contributed by atoms with E-state index in [0.717, 1.165) is 25.0 Å². The van der Waals surface area contributed by atoms with Gasteiger partial charge in [-0.05, 0) is 19.8 Å². The van der Waals surface area contributed by atoms with Crippen LogP contribution in [0, 0.1) is 0 Å². The standard InChI is InChI=1S/C12H18N10O2S2/c1-7(14-11(23)9-4-21(6-13)19-15-9)25-22-5-10(16-20-22)12(24)18-26-17-8-2-3-8/h4-5,7-8,17H,2-3,6,13H2,1H3,(H,14,23)(H,18,24). The lowest BCUT2D eigenvalue weighted by Crippen LogP contribution is -2.31. The predicted molar refractivity (Wildman–Crippen MR) is 95.4 cm³/mol. The molecule has 2 aromatic rings. The fourth-order valence-electron chi connectivity index (χ4n) is 1.76. The van der Waals surface area contributed by atoms with Crippen LogP contribution in [0.4, 0.5) is 0 Å². The van der Waals surface area contributed by atoms with Crippen LogP contribution >= 0.6 is 24.1 Å². The molecule has 0 spiro atoms. The minimum absolute atomic E-state index is 0.142. The SMILES string of the molecule is CC(NC(=O)c1cn(CN)nn1)Sn1cc(C(=O)NSNC2CC2)nn1. The summed E-state index contributed by atoms with van der Waals surface area (Å²) in [4.78, 5) is 24.0. The second-order valence-corrected chi connectivity index (χ2v) is 7.41. The number of rotatable bonds is 9. The highest BCUT2D eigenvalue weighted by Gasteiger charge is 2.21. The van der Waals surface area contributed by atoms with Crippen molar-refractivity contribution in [1.29, 1.82) is 0 Å². The maximum absolute atomic E-state index is 12.1. The van der Waals surface area contributed by atoms with Gasteiger partial charge in [0.25, 0.3) is 11.8 Å². The van der Waals surface area contributed by atoms with Gasteiger partial charge in [0.05, 0.1) is 24.4 Å². The first-order valence-electron chi connectivity index (χ1n) is 7.77. The summed E-state index contributed by atoms with van der Waals surface area (Å²) >= 11 is 2.33. The van der Waals surface area contributed by atoms with Crippen molar-refractivity contribution in [2.24, 2.45) is 5.73 Å². The quantitative estimate of drug-likeness (QED) is 0.308. The van der Waals surface area contributed by atoms with Crippen molar-refractivity contribution in [2.45, 2.75) is 37.8 Å². The molecule has 0 radical (unpaired) electrons. The average Bonchev–Trinajstić information content (AvgIpc) is 3.11. The molecule has 1 unspecified atom stereocenters. The number of carbonyl (C=O) groups excluding carboxylic acids is 2. The monoisotopic (exact) mass is 398 g/mol. The Hall–Kier alpha value is -2.16. The molecule has 1 aliphatic carbocycles. The van der Waals surface area contributed by atoms with Gasteiger partial charge in [0.15, 0.2) is 11.4 Å². The van der Waals surface area contributed by atoms with E-state index in [9.17, 15) is 9.59 Å². The molecule has 1 atom stereocenters. The number of amides is 2. The molecule has 2 amide bonds. The van der Waals surface area contributed by atoms with E-state index in [1.807, 2.05) is 0 Å². The molecule has 2 aromatic heterocycles. The molecule has 0 aromatic carbocycles. The third kappa shape index (κ3) is 5.17. The molecule has 0 saturated heterocycles. The first kappa shape index (κ1) is 18.6. The van der Waals surface area contributed by atoms with Crippen LogP contribution in [0.2, 0.25) is 0 Å². The van der Waals surface area contributed by atoms with E-state index >= 15 is 0 Å². The van der Waals surface area contributed by atoms with Gasteiger partial charge in [-0.3, -0.25) is 14.3 Å². The van der Waals surface area contributed by atoms with Crippen LogP contribution in [0.1, 0.15) is 40.7 Å². The second kappa shape index (κ2) is 8.48. The molecule has 1 fully saturated rings. The summed E-state index contributed by atoms with van der Waals surface area (Å²) in [5, 5.41) is 17.5. The molecular formula is C12H18N10O2S2. The molecule has 0 aliphatic heterocycles. The van der Waals surface area contributed by atoms with E-state index < -0.39 is 0 Å². The molecule has 140 valence electrons. The normalized spacial score (nSPS) is 14.8. The van der Waals surface area contributed by atoms with Gasteiger partial charge in [0, 0.05) is 30.1 Å². The minimum Gasteiger partial charge on any atom is -0.337 e. The molecule has 2 heterocycles. The molecule has 12 nitrogen and oxygen atoms in total. The Kier molecular flexibility index (Phi) is 6.08. The van der Waals surface area contributed by atoms with Gasteiger partial charge in [-0.1, -0.05) is 10.4 Å². The van der Waals surface area contributed by atoms with Crippen molar-refractivity contribution in [1.82, 2.24) is 44.2 Å². The molecule has 3 rings (SSSR count). The van der Waals surface area contributed by atoms with E-state index in [0.29, 0.717) is 6.04 Å². The lowest BCUT2D eigenvalue weighted by atomic mass is 10.4. The number of aromatic nitrogens is 6. The molecule has 0 bridgehead atoms. The van der Waals surface area contributed by atoms with Gasteiger partial charge in [-0.15, -0.1) is 10.2 Å². The second-order valence-electron chi connectivity index (χ2n) is 5.48. The van der Waals surface area contributed by atoms with Crippen molar-refractivity contribution in [3.63, 3.8) is 0 Å². The van der Waals surface area contributed by atoms with Crippen LogP contribution in [0.3, 0.4) is 0 Å². The Labute approximate surface area is 157 Å². The fraction of sp³-hybridized carbons (Fsp3) is 0.500. The lowest BCUT2D eigenvalue weighted by molar-refractivity contribution is 0.0944. The van der Waals surface area contributed by atoms with Crippen molar-refractivity contribution in [3.05, 3.63) is 23.8 Å². The van der Waals surface area contributed by atoms with Gasteiger partial charge < -0.3 is 11.1 Å². The topological polar surface area (TPSA) is 158 Å². The third-order valence-corrected chi connectivity index (χ3v) is 4.78. The Morgan fingerprint density at radius 1 is 1.27 bits per heavy atom. The van der Waals surface area contributed by atoms with Crippen molar-refractivity contribution < 1.29 is 9.59 Å². The van der Waals surface area contributed by atoms with E-state index in [1.54, 1.807) is 6.92 Å². The maximum atomic E-state index is 12.1. The van der Waals surface area contributed by atoms with Crippen LogP contribution in [-0.4, -0.2) is 52.6 Å². The van der Waals surface area contributed by atoms with E-state index in [4.69, 9.17) is 5.73 Å². The number of nitrogens with two attached hydrogens (primary N) is 1. The summed E-state index contributed by atoms with van der Waals surface area (Å²) < 4.78 is 8.50. The van der Waals surface area contributed by atoms with Crippen molar-refractivity contribution in [2.75, 3.05) is 0 Å². The molecule has 14 heteroatoms. The van der Waals surface area contributed by atoms with Gasteiger partial charge in [0.2, 0.25) is 0 Å².